The Morgan fingerprint density at radius 1 is 1.67 bits per heavy atom. The maximum atomic E-state index is 11.8. The second-order valence-electron chi connectivity index (χ2n) is 4.04. The van der Waals surface area contributed by atoms with E-state index in [1.54, 1.807) is 29.9 Å². The number of carbonyl (C=O) groups is 1. The molecule has 0 aliphatic rings. The van der Waals surface area contributed by atoms with E-state index in [0.29, 0.717) is 11.5 Å². The van der Waals surface area contributed by atoms with E-state index in [-0.39, 0.29) is 12.5 Å². The Balaban J connectivity index is 1.92. The Hall–Kier alpha value is -2.08. The molecule has 0 fully saturated rings. The van der Waals surface area contributed by atoms with Gasteiger partial charge in [-0.25, -0.2) is 0 Å². The molecule has 1 unspecified atom stereocenters. The first-order chi connectivity index (χ1) is 8.58. The van der Waals surface area contributed by atoms with E-state index in [9.17, 15) is 9.90 Å². The molecule has 0 aromatic carbocycles. The molecule has 2 heterocycles. The summed E-state index contributed by atoms with van der Waals surface area (Å²) >= 11 is 0. The third-order valence-corrected chi connectivity index (χ3v) is 2.67. The molecule has 1 atom stereocenters. The first-order valence-electron chi connectivity index (χ1n) is 5.58. The van der Waals surface area contributed by atoms with Crippen molar-refractivity contribution in [3.63, 3.8) is 0 Å². The third-order valence-electron chi connectivity index (χ3n) is 2.67. The molecule has 6 nitrogen and oxygen atoms in total. The van der Waals surface area contributed by atoms with Crippen LogP contribution in [0.15, 0.2) is 28.9 Å². The van der Waals surface area contributed by atoms with Crippen LogP contribution in [-0.2, 0) is 7.05 Å². The predicted octanol–water partition coefficient (Wildman–Crippen LogP) is 0.785. The van der Waals surface area contributed by atoms with Crippen molar-refractivity contribution in [3.8, 4) is 0 Å². The van der Waals surface area contributed by atoms with Crippen molar-refractivity contribution in [2.75, 3.05) is 6.54 Å². The molecule has 0 aliphatic heterocycles. The number of aliphatic hydroxyl groups is 1. The van der Waals surface area contributed by atoms with Gasteiger partial charge in [-0.1, -0.05) is 0 Å². The Kier molecular flexibility index (Phi) is 3.47. The number of hydrogen-bond acceptors (Lipinski definition) is 4. The van der Waals surface area contributed by atoms with Crippen molar-refractivity contribution in [2.24, 2.45) is 7.05 Å². The van der Waals surface area contributed by atoms with Crippen molar-refractivity contribution in [3.05, 3.63) is 41.6 Å². The van der Waals surface area contributed by atoms with Crippen LogP contribution in [0.1, 0.15) is 28.0 Å². The molecule has 0 bridgehead atoms. The lowest BCUT2D eigenvalue weighted by atomic mass is 10.2. The normalized spacial score (nSPS) is 12.4. The molecule has 0 radical (unpaired) electrons. The van der Waals surface area contributed by atoms with Gasteiger partial charge in [0.05, 0.1) is 12.8 Å². The molecule has 0 aliphatic carbocycles. The molecule has 18 heavy (non-hydrogen) atoms. The summed E-state index contributed by atoms with van der Waals surface area (Å²) in [6.45, 7) is 1.95. The molecule has 0 spiro atoms. The second-order valence-corrected chi connectivity index (χ2v) is 4.04. The van der Waals surface area contributed by atoms with Crippen LogP contribution in [0.5, 0.6) is 0 Å². The van der Waals surface area contributed by atoms with Gasteiger partial charge in [0.1, 0.15) is 17.6 Å². The number of aromatic nitrogens is 2. The summed E-state index contributed by atoms with van der Waals surface area (Å²) in [6, 6.07) is 5.03. The van der Waals surface area contributed by atoms with Crippen LogP contribution in [0.2, 0.25) is 0 Å². The molecule has 2 aromatic rings. The minimum absolute atomic E-state index is 0.0853. The molecule has 2 rings (SSSR count). The van der Waals surface area contributed by atoms with Gasteiger partial charge in [0.15, 0.2) is 0 Å². The highest BCUT2D eigenvalue weighted by molar-refractivity contribution is 5.92. The topological polar surface area (TPSA) is 80.3 Å². The predicted molar refractivity (Wildman–Crippen MR) is 63.9 cm³/mol. The molecule has 0 saturated carbocycles. The van der Waals surface area contributed by atoms with Gasteiger partial charge in [-0.05, 0) is 25.1 Å². The monoisotopic (exact) mass is 249 g/mol. The summed E-state index contributed by atoms with van der Waals surface area (Å²) in [5.41, 5.74) is 1.23. The molecule has 1 amide bonds. The smallest absolute Gasteiger partial charge is 0.271 e. The van der Waals surface area contributed by atoms with Crippen LogP contribution in [-0.4, -0.2) is 27.3 Å². The van der Waals surface area contributed by atoms with Crippen LogP contribution in [0.3, 0.4) is 0 Å². The SMILES string of the molecule is Cc1cc(C(=O)NCC(O)c2ccco2)nn1C. The van der Waals surface area contributed by atoms with Crippen LogP contribution in [0.25, 0.3) is 0 Å². The standard InChI is InChI=1S/C12H15N3O3/c1-8-6-9(14-15(8)2)12(17)13-7-10(16)11-4-3-5-18-11/h3-6,10,16H,7H2,1-2H3,(H,13,17). The summed E-state index contributed by atoms with van der Waals surface area (Å²) < 4.78 is 6.66. The number of nitrogens with one attached hydrogen (secondary N) is 1. The van der Waals surface area contributed by atoms with Crippen LogP contribution < -0.4 is 5.32 Å². The first kappa shape index (κ1) is 12.4. The molecule has 2 aromatic heterocycles. The Bertz CT molecular complexity index is 511. The van der Waals surface area contributed by atoms with E-state index in [0.717, 1.165) is 5.69 Å². The number of rotatable bonds is 4. The van der Waals surface area contributed by atoms with Gasteiger partial charge in [0.2, 0.25) is 0 Å². The fourth-order valence-corrected chi connectivity index (χ4v) is 1.53. The summed E-state index contributed by atoms with van der Waals surface area (Å²) in [7, 11) is 1.77. The number of aliphatic hydroxyl groups excluding tert-OH is 1. The van der Waals surface area contributed by atoms with E-state index in [1.807, 2.05) is 6.92 Å². The van der Waals surface area contributed by atoms with Gasteiger partial charge in [0.25, 0.3) is 5.91 Å². The Labute approximate surface area is 104 Å². The summed E-state index contributed by atoms with van der Waals surface area (Å²) in [4.78, 5) is 11.8. The highest BCUT2D eigenvalue weighted by Crippen LogP contribution is 2.11. The van der Waals surface area contributed by atoms with E-state index in [4.69, 9.17) is 4.42 Å². The third kappa shape index (κ3) is 2.60. The highest BCUT2D eigenvalue weighted by atomic mass is 16.4. The first-order valence-corrected chi connectivity index (χ1v) is 5.58. The molecule has 96 valence electrons. The summed E-state index contributed by atoms with van der Waals surface area (Å²) in [5.74, 6) is 0.108. The lowest BCUT2D eigenvalue weighted by Crippen LogP contribution is -2.28. The van der Waals surface area contributed by atoms with Gasteiger partial charge < -0.3 is 14.8 Å². The minimum Gasteiger partial charge on any atom is -0.467 e. The average molecular weight is 249 g/mol. The highest BCUT2D eigenvalue weighted by Gasteiger charge is 2.15. The van der Waals surface area contributed by atoms with Crippen molar-refractivity contribution in [1.29, 1.82) is 0 Å². The van der Waals surface area contributed by atoms with Crippen molar-refractivity contribution in [2.45, 2.75) is 13.0 Å². The molecule has 2 N–H and O–H groups in total. The quantitative estimate of drug-likeness (QED) is 0.839. The van der Waals surface area contributed by atoms with Gasteiger partial charge in [0, 0.05) is 12.7 Å². The van der Waals surface area contributed by atoms with Crippen LogP contribution in [0, 0.1) is 6.92 Å². The van der Waals surface area contributed by atoms with E-state index < -0.39 is 6.10 Å². The Morgan fingerprint density at radius 3 is 3.00 bits per heavy atom. The van der Waals surface area contributed by atoms with Crippen molar-refractivity contribution >= 4 is 5.91 Å². The largest absolute Gasteiger partial charge is 0.467 e. The number of amides is 1. The number of carbonyl (C=O) groups excluding carboxylic acids is 1. The maximum absolute atomic E-state index is 11.8. The van der Waals surface area contributed by atoms with Gasteiger partial charge in [-0.3, -0.25) is 9.48 Å². The Morgan fingerprint density at radius 2 is 2.44 bits per heavy atom. The average Bonchev–Trinajstić information content (AvgIpc) is 2.97. The van der Waals surface area contributed by atoms with Gasteiger partial charge in [-0.15, -0.1) is 0 Å². The van der Waals surface area contributed by atoms with Crippen LogP contribution in [0.4, 0.5) is 0 Å². The number of aryl methyl sites for hydroxylation is 2. The second kappa shape index (κ2) is 5.05. The number of furan rings is 1. The number of hydrogen-bond donors (Lipinski definition) is 2. The maximum Gasteiger partial charge on any atom is 0.271 e. The summed E-state index contributed by atoms with van der Waals surface area (Å²) in [6.07, 6.45) is 0.622. The lowest BCUT2D eigenvalue weighted by Gasteiger charge is -2.08. The fraction of sp³-hybridized carbons (Fsp3) is 0.333. The zero-order chi connectivity index (χ0) is 13.1. The summed E-state index contributed by atoms with van der Waals surface area (Å²) in [5, 5.41) is 16.4. The zero-order valence-electron chi connectivity index (χ0n) is 10.3. The minimum atomic E-state index is -0.853. The molecule has 6 heteroatoms. The van der Waals surface area contributed by atoms with Crippen molar-refractivity contribution < 1.29 is 14.3 Å². The van der Waals surface area contributed by atoms with Gasteiger partial charge >= 0.3 is 0 Å². The molecular weight excluding hydrogens is 234 g/mol. The van der Waals surface area contributed by atoms with E-state index in [2.05, 4.69) is 10.4 Å². The lowest BCUT2D eigenvalue weighted by molar-refractivity contribution is 0.0895. The molecular formula is C12H15N3O3. The van der Waals surface area contributed by atoms with E-state index >= 15 is 0 Å². The van der Waals surface area contributed by atoms with Crippen molar-refractivity contribution in [1.82, 2.24) is 15.1 Å². The fourth-order valence-electron chi connectivity index (χ4n) is 1.53. The molecule has 0 saturated heterocycles. The van der Waals surface area contributed by atoms with Crippen LogP contribution >= 0.6 is 0 Å². The zero-order valence-corrected chi connectivity index (χ0v) is 10.3. The van der Waals surface area contributed by atoms with Gasteiger partial charge in [-0.2, -0.15) is 5.10 Å². The van der Waals surface area contributed by atoms with E-state index in [1.165, 1.54) is 6.26 Å². The number of nitrogens with zero attached hydrogens (tertiary/aromatic N) is 2.